The van der Waals surface area contributed by atoms with Gasteiger partial charge in [-0.25, -0.2) is 8.42 Å². The maximum absolute atomic E-state index is 12.7. The molecule has 1 aromatic rings. The van der Waals surface area contributed by atoms with Crippen molar-refractivity contribution in [2.75, 3.05) is 6.54 Å². The van der Waals surface area contributed by atoms with E-state index in [1.54, 1.807) is 6.92 Å². The average Bonchev–Trinajstić information content (AvgIpc) is 2.46. The molecule has 0 radical (unpaired) electrons. The summed E-state index contributed by atoms with van der Waals surface area (Å²) >= 11 is 0. The molecule has 21 heavy (non-hydrogen) atoms. The molecule has 6 nitrogen and oxygen atoms in total. The zero-order valence-corrected chi connectivity index (χ0v) is 12.4. The summed E-state index contributed by atoms with van der Waals surface area (Å²) in [4.78, 5) is 11.3. The molecule has 1 N–H and O–H groups in total. The van der Waals surface area contributed by atoms with E-state index in [2.05, 4.69) is 0 Å². The van der Waals surface area contributed by atoms with Gasteiger partial charge in [0, 0.05) is 6.54 Å². The Labute approximate surface area is 123 Å². The Balaban J connectivity index is 2.46. The molecule has 1 fully saturated rings. The van der Waals surface area contributed by atoms with Crippen molar-refractivity contribution in [3.05, 3.63) is 29.3 Å². The summed E-state index contributed by atoms with van der Waals surface area (Å²) in [5.74, 6) is -1.12. The Bertz CT molecular complexity index is 706. The molecule has 0 saturated carbocycles. The van der Waals surface area contributed by atoms with Gasteiger partial charge in [-0.2, -0.15) is 9.57 Å². The van der Waals surface area contributed by atoms with Gasteiger partial charge < -0.3 is 5.11 Å². The van der Waals surface area contributed by atoms with Crippen LogP contribution in [0.1, 0.15) is 30.4 Å². The van der Waals surface area contributed by atoms with Gasteiger partial charge in [-0.3, -0.25) is 4.79 Å². The molecule has 1 aromatic carbocycles. The standard InChI is InChI=1S/C14H16N2O4S/c1-10-8-11(9-15)5-6-13(10)21(19,20)16-7-3-2-4-12(16)14(17)18/h5-6,8,12H,2-4,7H2,1H3,(H,17,18). The molecular formula is C14H16N2O4S. The minimum atomic E-state index is -3.87. The SMILES string of the molecule is Cc1cc(C#N)ccc1S(=O)(=O)N1CCCCC1C(=O)O. The number of benzene rings is 1. The number of rotatable bonds is 3. The van der Waals surface area contributed by atoms with Crippen LogP contribution in [0.4, 0.5) is 0 Å². The number of carbonyl (C=O) groups is 1. The molecular weight excluding hydrogens is 292 g/mol. The number of hydrogen-bond donors (Lipinski definition) is 1. The van der Waals surface area contributed by atoms with E-state index in [9.17, 15) is 18.3 Å². The molecule has 1 heterocycles. The number of carboxylic acid groups (broad SMARTS) is 1. The summed E-state index contributed by atoms with van der Waals surface area (Å²) in [6.45, 7) is 1.81. The molecule has 1 saturated heterocycles. The second-order valence-electron chi connectivity index (χ2n) is 5.06. The highest BCUT2D eigenvalue weighted by Gasteiger charge is 2.38. The lowest BCUT2D eigenvalue weighted by molar-refractivity contribution is -0.142. The zero-order valence-electron chi connectivity index (χ0n) is 11.6. The van der Waals surface area contributed by atoms with Crippen LogP contribution in [-0.4, -0.2) is 36.4 Å². The smallest absolute Gasteiger partial charge is 0.322 e. The zero-order chi connectivity index (χ0) is 15.6. The monoisotopic (exact) mass is 308 g/mol. The normalized spacial score (nSPS) is 19.9. The molecule has 1 aliphatic heterocycles. The van der Waals surface area contributed by atoms with Crippen molar-refractivity contribution in [1.82, 2.24) is 4.31 Å². The summed E-state index contributed by atoms with van der Waals surface area (Å²) in [7, 11) is -3.87. The summed E-state index contributed by atoms with van der Waals surface area (Å²) < 4.78 is 26.5. The Morgan fingerprint density at radius 3 is 2.71 bits per heavy atom. The molecule has 0 spiro atoms. The van der Waals surface area contributed by atoms with Crippen LogP contribution in [-0.2, 0) is 14.8 Å². The molecule has 0 bridgehead atoms. The van der Waals surface area contributed by atoms with Crippen molar-refractivity contribution < 1.29 is 18.3 Å². The lowest BCUT2D eigenvalue weighted by Crippen LogP contribution is -2.47. The van der Waals surface area contributed by atoms with Crippen molar-refractivity contribution >= 4 is 16.0 Å². The molecule has 0 aliphatic carbocycles. The third-order valence-corrected chi connectivity index (χ3v) is 5.70. The number of nitriles is 1. The van der Waals surface area contributed by atoms with Crippen LogP contribution in [0.3, 0.4) is 0 Å². The van der Waals surface area contributed by atoms with Crippen LogP contribution in [0.2, 0.25) is 0 Å². The van der Waals surface area contributed by atoms with Gasteiger partial charge in [-0.15, -0.1) is 0 Å². The first-order chi connectivity index (χ1) is 9.87. The van der Waals surface area contributed by atoms with Crippen LogP contribution in [0.5, 0.6) is 0 Å². The second-order valence-corrected chi connectivity index (χ2v) is 6.92. The maximum Gasteiger partial charge on any atom is 0.322 e. The predicted molar refractivity (Wildman–Crippen MR) is 75.1 cm³/mol. The van der Waals surface area contributed by atoms with E-state index in [1.807, 2.05) is 6.07 Å². The average molecular weight is 308 g/mol. The number of hydrogen-bond acceptors (Lipinski definition) is 4. The summed E-state index contributed by atoms with van der Waals surface area (Å²) in [5.41, 5.74) is 0.823. The topological polar surface area (TPSA) is 98.5 Å². The van der Waals surface area contributed by atoms with E-state index in [1.165, 1.54) is 18.2 Å². The fraction of sp³-hybridized carbons (Fsp3) is 0.429. The first kappa shape index (κ1) is 15.5. The number of piperidine rings is 1. The van der Waals surface area contributed by atoms with Crippen molar-refractivity contribution in [3.8, 4) is 6.07 Å². The predicted octanol–water partition coefficient (Wildman–Crippen LogP) is 1.49. The minimum absolute atomic E-state index is 0.0645. The van der Waals surface area contributed by atoms with Gasteiger partial charge in [0.1, 0.15) is 6.04 Å². The fourth-order valence-corrected chi connectivity index (χ4v) is 4.43. The van der Waals surface area contributed by atoms with Gasteiger partial charge in [0.2, 0.25) is 10.0 Å². The van der Waals surface area contributed by atoms with Crippen molar-refractivity contribution in [2.24, 2.45) is 0 Å². The molecule has 1 unspecified atom stereocenters. The van der Waals surface area contributed by atoms with Crippen LogP contribution < -0.4 is 0 Å². The lowest BCUT2D eigenvalue weighted by Gasteiger charge is -2.32. The first-order valence-electron chi connectivity index (χ1n) is 6.63. The third kappa shape index (κ3) is 2.91. The van der Waals surface area contributed by atoms with Gasteiger partial charge >= 0.3 is 5.97 Å². The van der Waals surface area contributed by atoms with Gasteiger partial charge in [0.15, 0.2) is 0 Å². The van der Waals surface area contributed by atoms with Crippen molar-refractivity contribution in [2.45, 2.75) is 37.1 Å². The highest BCUT2D eigenvalue weighted by atomic mass is 32.2. The molecule has 112 valence electrons. The largest absolute Gasteiger partial charge is 0.480 e. The Hall–Kier alpha value is -1.91. The minimum Gasteiger partial charge on any atom is -0.480 e. The number of aryl methyl sites for hydroxylation is 1. The molecule has 1 aliphatic rings. The quantitative estimate of drug-likeness (QED) is 0.912. The molecule has 0 aromatic heterocycles. The second kappa shape index (κ2) is 5.84. The van der Waals surface area contributed by atoms with Gasteiger partial charge in [-0.1, -0.05) is 0 Å². The summed E-state index contributed by atoms with van der Waals surface area (Å²) in [5, 5.41) is 18.1. The Morgan fingerprint density at radius 2 is 2.14 bits per heavy atom. The molecule has 0 amide bonds. The van der Waals surface area contributed by atoms with Crippen LogP contribution in [0, 0.1) is 18.3 Å². The van der Waals surface area contributed by atoms with Gasteiger partial charge in [0.05, 0.1) is 16.5 Å². The van der Waals surface area contributed by atoms with Gasteiger partial charge in [0.25, 0.3) is 0 Å². The van der Waals surface area contributed by atoms with Crippen LogP contribution in [0.15, 0.2) is 23.1 Å². The third-order valence-electron chi connectivity index (χ3n) is 3.63. The van der Waals surface area contributed by atoms with E-state index < -0.39 is 22.0 Å². The van der Waals surface area contributed by atoms with E-state index in [0.29, 0.717) is 30.4 Å². The maximum atomic E-state index is 12.7. The molecule has 2 rings (SSSR count). The molecule has 1 atom stereocenters. The Kier molecular flexibility index (Phi) is 4.30. The Morgan fingerprint density at radius 1 is 1.43 bits per heavy atom. The van der Waals surface area contributed by atoms with Crippen LogP contribution >= 0.6 is 0 Å². The summed E-state index contributed by atoms with van der Waals surface area (Å²) in [6.07, 6.45) is 1.68. The number of aliphatic carboxylic acids is 1. The van der Waals surface area contributed by atoms with E-state index in [-0.39, 0.29) is 11.4 Å². The number of carboxylic acids is 1. The van der Waals surface area contributed by atoms with Gasteiger partial charge in [-0.05, 0) is 49.9 Å². The highest BCUT2D eigenvalue weighted by molar-refractivity contribution is 7.89. The fourth-order valence-electron chi connectivity index (χ4n) is 2.57. The molecule has 7 heteroatoms. The highest BCUT2D eigenvalue weighted by Crippen LogP contribution is 2.27. The number of sulfonamides is 1. The van der Waals surface area contributed by atoms with Crippen LogP contribution in [0.25, 0.3) is 0 Å². The lowest BCUT2D eigenvalue weighted by atomic mass is 10.1. The van der Waals surface area contributed by atoms with E-state index in [4.69, 9.17) is 5.26 Å². The van der Waals surface area contributed by atoms with Crippen molar-refractivity contribution in [3.63, 3.8) is 0 Å². The van der Waals surface area contributed by atoms with E-state index >= 15 is 0 Å². The summed E-state index contributed by atoms with van der Waals surface area (Å²) in [6, 6.07) is 5.23. The first-order valence-corrected chi connectivity index (χ1v) is 8.07. The number of nitrogens with zero attached hydrogens (tertiary/aromatic N) is 2. The van der Waals surface area contributed by atoms with E-state index in [0.717, 1.165) is 4.31 Å². The van der Waals surface area contributed by atoms with Crippen molar-refractivity contribution in [1.29, 1.82) is 5.26 Å².